The highest BCUT2D eigenvalue weighted by Crippen LogP contribution is 2.34. The molecular weight excluding hydrogens is 464 g/mol. The summed E-state index contributed by atoms with van der Waals surface area (Å²) in [6.45, 7) is 2.18. The van der Waals surface area contributed by atoms with Crippen molar-refractivity contribution in [2.24, 2.45) is 0 Å². The number of aryl methyl sites for hydroxylation is 1. The van der Waals surface area contributed by atoms with Gasteiger partial charge in [0.2, 0.25) is 0 Å². The van der Waals surface area contributed by atoms with Crippen LogP contribution < -0.4 is 5.63 Å². The average Bonchev–Trinajstić information content (AvgIpc) is 3.53. The van der Waals surface area contributed by atoms with E-state index in [2.05, 4.69) is 6.92 Å². The number of aromatic nitrogens is 2. The van der Waals surface area contributed by atoms with Crippen molar-refractivity contribution in [1.82, 2.24) is 9.97 Å². The van der Waals surface area contributed by atoms with Gasteiger partial charge < -0.3 is 9.52 Å². The van der Waals surface area contributed by atoms with Gasteiger partial charge in [-0.05, 0) is 30.5 Å². The van der Waals surface area contributed by atoms with Gasteiger partial charge >= 0.3 is 5.63 Å². The van der Waals surface area contributed by atoms with E-state index in [0.29, 0.717) is 16.8 Å². The van der Waals surface area contributed by atoms with Gasteiger partial charge in [-0.2, -0.15) is 0 Å². The van der Waals surface area contributed by atoms with Crippen LogP contribution in [0.1, 0.15) is 38.2 Å². The Morgan fingerprint density at radius 2 is 1.65 bits per heavy atom. The molecule has 7 heteroatoms. The molecule has 0 aliphatic carbocycles. The predicted octanol–water partition coefficient (Wildman–Crippen LogP) is 7.54. The molecular formula is C27H24N2O3S2. The SMILES string of the molecule is CCCCCCc1cc2cc(-c3csc(-c4nc(-c5ccccc5)cs4)n3)c(=O)oc2cc1O. The van der Waals surface area contributed by atoms with Gasteiger partial charge in [0.1, 0.15) is 11.3 Å². The van der Waals surface area contributed by atoms with Crippen LogP contribution in [0.3, 0.4) is 0 Å². The molecule has 172 valence electrons. The summed E-state index contributed by atoms with van der Waals surface area (Å²) in [5, 5.41) is 16.6. The molecule has 0 radical (unpaired) electrons. The van der Waals surface area contributed by atoms with E-state index in [1.807, 2.05) is 53.2 Å². The Labute approximate surface area is 205 Å². The summed E-state index contributed by atoms with van der Waals surface area (Å²) in [5.74, 6) is 0.175. The first kappa shape index (κ1) is 22.5. The molecule has 3 aromatic heterocycles. The number of unbranched alkanes of at least 4 members (excludes halogenated alkanes) is 3. The molecule has 0 saturated carbocycles. The quantitative estimate of drug-likeness (QED) is 0.180. The molecule has 0 saturated heterocycles. The summed E-state index contributed by atoms with van der Waals surface area (Å²) in [5.41, 5.74) is 3.75. The smallest absolute Gasteiger partial charge is 0.345 e. The van der Waals surface area contributed by atoms with Crippen molar-refractivity contribution in [3.8, 4) is 38.3 Å². The average molecular weight is 489 g/mol. The zero-order valence-electron chi connectivity index (χ0n) is 18.8. The highest BCUT2D eigenvalue weighted by molar-refractivity contribution is 7.20. The van der Waals surface area contributed by atoms with E-state index in [9.17, 15) is 9.90 Å². The first-order chi connectivity index (χ1) is 16.6. The molecule has 0 atom stereocenters. The molecule has 0 unspecified atom stereocenters. The van der Waals surface area contributed by atoms with Gasteiger partial charge in [0.15, 0.2) is 10.0 Å². The first-order valence-electron chi connectivity index (χ1n) is 11.4. The van der Waals surface area contributed by atoms with Gasteiger partial charge in [-0.15, -0.1) is 22.7 Å². The molecule has 5 nitrogen and oxygen atoms in total. The molecule has 0 bridgehead atoms. The zero-order chi connectivity index (χ0) is 23.5. The predicted molar refractivity (Wildman–Crippen MR) is 140 cm³/mol. The zero-order valence-corrected chi connectivity index (χ0v) is 20.4. The monoisotopic (exact) mass is 488 g/mol. The molecule has 5 aromatic rings. The topological polar surface area (TPSA) is 76.2 Å². The number of fused-ring (bicyclic) bond motifs is 1. The van der Waals surface area contributed by atoms with Crippen molar-refractivity contribution in [3.05, 3.63) is 75.3 Å². The number of phenols is 1. The minimum atomic E-state index is -0.469. The third-order valence-electron chi connectivity index (χ3n) is 5.77. The van der Waals surface area contributed by atoms with Crippen LogP contribution in [0, 0.1) is 0 Å². The van der Waals surface area contributed by atoms with Crippen molar-refractivity contribution in [3.63, 3.8) is 0 Å². The second-order valence-corrected chi connectivity index (χ2v) is 9.93. The van der Waals surface area contributed by atoms with Crippen LogP contribution in [0.25, 0.3) is 43.5 Å². The van der Waals surface area contributed by atoms with Crippen LogP contribution in [0.2, 0.25) is 0 Å². The lowest BCUT2D eigenvalue weighted by atomic mass is 10.0. The number of hydrogen-bond donors (Lipinski definition) is 1. The van der Waals surface area contributed by atoms with Crippen LogP contribution in [0.4, 0.5) is 0 Å². The van der Waals surface area contributed by atoms with Gasteiger partial charge in [0.25, 0.3) is 0 Å². The number of rotatable bonds is 8. The standard InChI is InChI=1S/C27H24N2O3S2/c1-2-3-4-6-11-18-12-19-13-20(27(31)32-24(19)14-23(18)30)22-16-34-26(29-22)25-28-21(15-33-25)17-9-7-5-8-10-17/h5,7-10,12-16,30H,2-4,6,11H2,1H3. The van der Waals surface area contributed by atoms with Crippen molar-refractivity contribution < 1.29 is 9.52 Å². The summed E-state index contributed by atoms with van der Waals surface area (Å²) in [6, 6.07) is 15.3. The molecule has 0 fully saturated rings. The lowest BCUT2D eigenvalue weighted by molar-refractivity contribution is 0.464. The van der Waals surface area contributed by atoms with Crippen LogP contribution in [0.5, 0.6) is 5.75 Å². The van der Waals surface area contributed by atoms with E-state index in [-0.39, 0.29) is 5.75 Å². The second kappa shape index (κ2) is 9.91. The van der Waals surface area contributed by atoms with Gasteiger partial charge in [0.05, 0.1) is 17.0 Å². The Balaban J connectivity index is 1.44. The van der Waals surface area contributed by atoms with E-state index in [4.69, 9.17) is 14.4 Å². The lowest BCUT2D eigenvalue weighted by Crippen LogP contribution is -2.03. The minimum Gasteiger partial charge on any atom is -0.508 e. The van der Waals surface area contributed by atoms with E-state index >= 15 is 0 Å². The van der Waals surface area contributed by atoms with Crippen LogP contribution >= 0.6 is 22.7 Å². The van der Waals surface area contributed by atoms with Gasteiger partial charge in [-0.3, -0.25) is 0 Å². The fourth-order valence-corrected chi connectivity index (χ4v) is 5.63. The Hall–Kier alpha value is -3.29. The third-order valence-corrected chi connectivity index (χ3v) is 7.60. The van der Waals surface area contributed by atoms with Crippen molar-refractivity contribution >= 4 is 33.6 Å². The van der Waals surface area contributed by atoms with E-state index in [0.717, 1.165) is 51.5 Å². The van der Waals surface area contributed by atoms with E-state index < -0.39 is 5.63 Å². The molecule has 0 spiro atoms. The molecule has 0 amide bonds. The first-order valence-corrected chi connectivity index (χ1v) is 13.2. The number of benzene rings is 2. The fraction of sp³-hybridized carbons (Fsp3) is 0.222. The Kier molecular flexibility index (Phi) is 6.56. The highest BCUT2D eigenvalue weighted by atomic mass is 32.1. The lowest BCUT2D eigenvalue weighted by Gasteiger charge is -2.07. The van der Waals surface area contributed by atoms with E-state index in [1.165, 1.54) is 35.5 Å². The molecule has 0 aliphatic heterocycles. The summed E-state index contributed by atoms with van der Waals surface area (Å²) < 4.78 is 5.54. The van der Waals surface area contributed by atoms with Gasteiger partial charge in [-0.25, -0.2) is 14.8 Å². The number of nitrogens with zero attached hydrogens (tertiary/aromatic N) is 2. The number of aromatic hydroxyl groups is 1. The van der Waals surface area contributed by atoms with Gasteiger partial charge in [-0.1, -0.05) is 56.5 Å². The molecule has 34 heavy (non-hydrogen) atoms. The van der Waals surface area contributed by atoms with Crippen LogP contribution in [-0.2, 0) is 6.42 Å². The van der Waals surface area contributed by atoms with Crippen molar-refractivity contribution in [2.45, 2.75) is 39.0 Å². The van der Waals surface area contributed by atoms with E-state index in [1.54, 1.807) is 6.07 Å². The molecule has 1 N–H and O–H groups in total. The molecule has 2 aromatic carbocycles. The van der Waals surface area contributed by atoms with Gasteiger partial charge in [0, 0.05) is 27.8 Å². The van der Waals surface area contributed by atoms with Crippen molar-refractivity contribution in [2.75, 3.05) is 0 Å². The normalized spacial score (nSPS) is 11.3. The molecule has 5 rings (SSSR count). The largest absolute Gasteiger partial charge is 0.508 e. The summed E-state index contributed by atoms with van der Waals surface area (Å²) >= 11 is 2.99. The van der Waals surface area contributed by atoms with Crippen LogP contribution in [-0.4, -0.2) is 15.1 Å². The highest BCUT2D eigenvalue weighted by Gasteiger charge is 2.16. The van der Waals surface area contributed by atoms with Crippen LogP contribution in [0.15, 0.2) is 68.5 Å². The Morgan fingerprint density at radius 1 is 0.912 bits per heavy atom. The third kappa shape index (κ3) is 4.67. The summed E-state index contributed by atoms with van der Waals surface area (Å²) in [7, 11) is 0. The second-order valence-electron chi connectivity index (χ2n) is 8.22. The molecule has 0 aliphatic rings. The number of thiazole rings is 2. The Bertz CT molecular complexity index is 1490. The number of phenolic OH excluding ortho intramolecular Hbond substituents is 1. The minimum absolute atomic E-state index is 0.175. The summed E-state index contributed by atoms with van der Waals surface area (Å²) in [6.07, 6.45) is 5.30. The summed E-state index contributed by atoms with van der Waals surface area (Å²) in [4.78, 5) is 22.1. The Morgan fingerprint density at radius 3 is 2.41 bits per heavy atom. The number of hydrogen-bond acceptors (Lipinski definition) is 7. The maximum absolute atomic E-state index is 12.7. The maximum atomic E-state index is 12.7. The van der Waals surface area contributed by atoms with Crippen molar-refractivity contribution in [1.29, 1.82) is 0 Å². The molecule has 3 heterocycles. The maximum Gasteiger partial charge on any atom is 0.345 e. The fourth-order valence-electron chi connectivity index (χ4n) is 3.93.